The van der Waals surface area contributed by atoms with Crippen molar-refractivity contribution in [1.29, 1.82) is 0 Å². The summed E-state index contributed by atoms with van der Waals surface area (Å²) in [7, 11) is 1.62. The zero-order valence-electron chi connectivity index (χ0n) is 16.3. The number of methoxy groups -OCH3 is 1. The van der Waals surface area contributed by atoms with Crippen LogP contribution in [-0.4, -0.2) is 23.2 Å². The molecular weight excluding hydrogens is 338 g/mol. The molecule has 0 aliphatic carbocycles. The van der Waals surface area contributed by atoms with E-state index in [0.717, 1.165) is 30.0 Å². The lowest BCUT2D eigenvalue weighted by molar-refractivity contribution is -0.694. The second-order valence-corrected chi connectivity index (χ2v) is 6.82. The van der Waals surface area contributed by atoms with Gasteiger partial charge in [-0.2, -0.15) is 0 Å². The van der Waals surface area contributed by atoms with Crippen LogP contribution in [0, 0.1) is 0 Å². The molecule has 0 spiro atoms. The largest absolute Gasteiger partial charge is 0.495 e. The first-order valence-electron chi connectivity index (χ1n) is 9.65. The predicted molar refractivity (Wildman–Crippen MR) is 109 cm³/mol. The number of nitrogens with two attached hydrogens (primary N) is 1. The van der Waals surface area contributed by atoms with Crippen LogP contribution in [0.4, 0.5) is 0 Å². The van der Waals surface area contributed by atoms with Crippen molar-refractivity contribution < 1.29 is 10.1 Å². The maximum absolute atomic E-state index is 13.4. The van der Waals surface area contributed by atoms with Crippen LogP contribution < -0.4 is 15.6 Å². The van der Waals surface area contributed by atoms with E-state index >= 15 is 0 Å². The van der Waals surface area contributed by atoms with Crippen molar-refractivity contribution >= 4 is 10.9 Å². The highest BCUT2D eigenvalue weighted by Crippen LogP contribution is 2.24. The third-order valence-corrected chi connectivity index (χ3v) is 4.86. The number of quaternary nitrogens is 1. The molecule has 1 aromatic heterocycles. The summed E-state index contributed by atoms with van der Waals surface area (Å²) in [5.41, 5.74) is 1.40. The quantitative estimate of drug-likeness (QED) is 0.623. The number of unbranched alkanes of at least 4 members (excludes halogenated alkanes) is 2. The summed E-state index contributed by atoms with van der Waals surface area (Å²) in [4.78, 5) is 18.2. The van der Waals surface area contributed by atoms with E-state index in [9.17, 15) is 4.79 Å². The summed E-state index contributed by atoms with van der Waals surface area (Å²) in [5.74, 6) is 1.41. The SMILES string of the molecule is CCCCC[NH2+][C@@H](C)c1nc2ccccc2c(=O)n1-c1ccccc1OC. The monoisotopic (exact) mass is 366 g/mol. The van der Waals surface area contributed by atoms with Gasteiger partial charge in [0.15, 0.2) is 5.82 Å². The molecule has 2 N–H and O–H groups in total. The number of para-hydroxylation sites is 3. The molecule has 0 aliphatic heterocycles. The number of hydrogen-bond acceptors (Lipinski definition) is 3. The van der Waals surface area contributed by atoms with Gasteiger partial charge in [-0.25, -0.2) is 4.98 Å². The first kappa shape index (κ1) is 19.1. The lowest BCUT2D eigenvalue weighted by Crippen LogP contribution is -2.85. The molecule has 0 bridgehead atoms. The molecule has 3 rings (SSSR count). The molecule has 5 nitrogen and oxygen atoms in total. The number of aromatic nitrogens is 2. The van der Waals surface area contributed by atoms with Crippen LogP contribution in [-0.2, 0) is 0 Å². The predicted octanol–water partition coefficient (Wildman–Crippen LogP) is 3.21. The Balaban J connectivity index is 2.14. The highest BCUT2D eigenvalue weighted by Gasteiger charge is 2.21. The molecule has 5 heteroatoms. The Morgan fingerprint density at radius 3 is 2.63 bits per heavy atom. The summed E-state index contributed by atoms with van der Waals surface area (Å²) in [6, 6.07) is 15.2. The molecule has 1 heterocycles. The molecule has 0 saturated heterocycles. The molecule has 27 heavy (non-hydrogen) atoms. The van der Waals surface area contributed by atoms with E-state index in [1.807, 2.05) is 48.5 Å². The Labute approximate surface area is 160 Å². The van der Waals surface area contributed by atoms with E-state index in [1.165, 1.54) is 12.8 Å². The van der Waals surface area contributed by atoms with Crippen molar-refractivity contribution in [2.45, 2.75) is 39.2 Å². The zero-order chi connectivity index (χ0) is 19.2. The molecule has 3 aromatic rings. The van der Waals surface area contributed by atoms with Crippen LogP contribution in [0.3, 0.4) is 0 Å². The Morgan fingerprint density at radius 1 is 1.11 bits per heavy atom. The van der Waals surface area contributed by atoms with E-state index in [4.69, 9.17) is 9.72 Å². The number of benzene rings is 2. The lowest BCUT2D eigenvalue weighted by Gasteiger charge is -2.19. The summed E-state index contributed by atoms with van der Waals surface area (Å²) in [6.07, 6.45) is 3.57. The standard InChI is InChI=1S/C22H27N3O2/c1-4-5-10-15-23-16(2)21-24-18-12-7-6-11-17(18)22(26)25(21)19-13-8-9-14-20(19)27-3/h6-9,11-14,16,23H,4-5,10,15H2,1-3H3/p+1/t16-/m0/s1. The van der Waals surface area contributed by atoms with E-state index in [0.29, 0.717) is 11.1 Å². The molecule has 142 valence electrons. The van der Waals surface area contributed by atoms with E-state index in [1.54, 1.807) is 11.7 Å². The van der Waals surface area contributed by atoms with Crippen LogP contribution in [0.15, 0.2) is 53.3 Å². The van der Waals surface area contributed by atoms with Crippen molar-refractivity contribution in [1.82, 2.24) is 9.55 Å². The van der Waals surface area contributed by atoms with Gasteiger partial charge in [0.05, 0.1) is 30.2 Å². The molecule has 0 saturated carbocycles. The minimum Gasteiger partial charge on any atom is -0.495 e. The number of fused-ring (bicyclic) bond motifs is 1. The average molecular weight is 366 g/mol. The van der Waals surface area contributed by atoms with Gasteiger partial charge in [-0.05, 0) is 44.0 Å². The van der Waals surface area contributed by atoms with E-state index < -0.39 is 0 Å². The average Bonchev–Trinajstić information content (AvgIpc) is 2.71. The first-order chi connectivity index (χ1) is 13.2. The molecule has 0 fully saturated rings. The van der Waals surface area contributed by atoms with Crippen LogP contribution in [0.25, 0.3) is 16.6 Å². The van der Waals surface area contributed by atoms with Crippen molar-refractivity contribution in [3.05, 3.63) is 64.7 Å². The molecule has 2 aromatic carbocycles. The van der Waals surface area contributed by atoms with Crippen molar-refractivity contribution in [3.63, 3.8) is 0 Å². The maximum atomic E-state index is 13.4. The molecule has 0 radical (unpaired) electrons. The fourth-order valence-electron chi connectivity index (χ4n) is 3.37. The van der Waals surface area contributed by atoms with Gasteiger partial charge in [-0.15, -0.1) is 0 Å². The zero-order valence-corrected chi connectivity index (χ0v) is 16.3. The topological polar surface area (TPSA) is 60.7 Å². The second kappa shape index (κ2) is 8.82. The van der Waals surface area contributed by atoms with Crippen molar-refractivity contribution in [2.24, 2.45) is 0 Å². The van der Waals surface area contributed by atoms with Gasteiger partial charge in [0.2, 0.25) is 0 Å². The fourth-order valence-corrected chi connectivity index (χ4v) is 3.37. The fraction of sp³-hybridized carbons (Fsp3) is 0.364. The Hall–Kier alpha value is -2.66. The van der Waals surface area contributed by atoms with E-state index in [2.05, 4.69) is 19.2 Å². The molecule has 0 unspecified atom stereocenters. The number of rotatable bonds is 8. The maximum Gasteiger partial charge on any atom is 0.266 e. The van der Waals surface area contributed by atoms with Gasteiger partial charge in [-0.3, -0.25) is 9.36 Å². The first-order valence-corrected chi connectivity index (χ1v) is 9.65. The third kappa shape index (κ3) is 4.03. The number of hydrogen-bond donors (Lipinski definition) is 1. The van der Waals surface area contributed by atoms with Gasteiger partial charge in [-0.1, -0.05) is 37.6 Å². The van der Waals surface area contributed by atoms with E-state index in [-0.39, 0.29) is 11.6 Å². The van der Waals surface area contributed by atoms with Gasteiger partial charge in [0, 0.05) is 0 Å². The van der Waals surface area contributed by atoms with Crippen LogP contribution in [0.5, 0.6) is 5.75 Å². The Kier molecular flexibility index (Phi) is 6.24. The van der Waals surface area contributed by atoms with Gasteiger partial charge >= 0.3 is 0 Å². The minimum atomic E-state index is -0.0612. The van der Waals surface area contributed by atoms with Crippen molar-refractivity contribution in [3.8, 4) is 11.4 Å². The minimum absolute atomic E-state index is 0.0593. The smallest absolute Gasteiger partial charge is 0.266 e. The molecule has 0 aliphatic rings. The summed E-state index contributed by atoms with van der Waals surface area (Å²) >= 11 is 0. The summed E-state index contributed by atoms with van der Waals surface area (Å²) in [6.45, 7) is 5.33. The molecular formula is C22H28N3O2+. The van der Waals surface area contributed by atoms with Gasteiger partial charge in [0.25, 0.3) is 5.56 Å². The highest BCUT2D eigenvalue weighted by atomic mass is 16.5. The van der Waals surface area contributed by atoms with Crippen LogP contribution in [0.1, 0.15) is 45.0 Å². The Bertz CT molecular complexity index is 965. The highest BCUT2D eigenvalue weighted by molar-refractivity contribution is 5.78. The number of nitrogens with zero attached hydrogens (tertiary/aromatic N) is 2. The summed E-state index contributed by atoms with van der Waals surface area (Å²) < 4.78 is 7.23. The van der Waals surface area contributed by atoms with Gasteiger partial charge < -0.3 is 10.1 Å². The summed E-state index contributed by atoms with van der Waals surface area (Å²) in [5, 5.41) is 2.88. The van der Waals surface area contributed by atoms with Crippen LogP contribution >= 0.6 is 0 Å². The normalized spacial score (nSPS) is 12.3. The lowest BCUT2D eigenvalue weighted by atomic mass is 10.2. The van der Waals surface area contributed by atoms with Gasteiger partial charge in [0.1, 0.15) is 11.8 Å². The number of ether oxygens (including phenoxy) is 1. The third-order valence-electron chi connectivity index (χ3n) is 4.86. The molecule has 0 amide bonds. The Morgan fingerprint density at radius 2 is 1.85 bits per heavy atom. The van der Waals surface area contributed by atoms with Crippen molar-refractivity contribution in [2.75, 3.05) is 13.7 Å². The second-order valence-electron chi connectivity index (χ2n) is 6.82. The molecule has 1 atom stereocenters. The van der Waals surface area contributed by atoms with Crippen LogP contribution in [0.2, 0.25) is 0 Å².